The largest absolute Gasteiger partial charge is 0.398 e. The van der Waals surface area contributed by atoms with Crippen LogP contribution in [0.4, 0.5) is 11.4 Å². The van der Waals surface area contributed by atoms with Crippen LogP contribution >= 0.6 is 0 Å². The van der Waals surface area contributed by atoms with Gasteiger partial charge in [-0.3, -0.25) is 4.79 Å². The summed E-state index contributed by atoms with van der Waals surface area (Å²) < 4.78 is 25.5. The molecular formula is C13H22N4O3S. The Bertz CT molecular complexity index is 599. The number of nitrogens with one attached hydrogen (secondary N) is 3. The van der Waals surface area contributed by atoms with Gasteiger partial charge in [0.25, 0.3) is 0 Å². The summed E-state index contributed by atoms with van der Waals surface area (Å²) in [6.45, 7) is 4.73. The summed E-state index contributed by atoms with van der Waals surface area (Å²) in [5, 5.41) is 5.67. The van der Waals surface area contributed by atoms with Crippen molar-refractivity contribution in [2.45, 2.75) is 18.7 Å². The molecule has 7 nitrogen and oxygen atoms in total. The van der Waals surface area contributed by atoms with Crippen molar-refractivity contribution in [2.75, 3.05) is 31.2 Å². The fourth-order valence-electron chi connectivity index (χ4n) is 1.58. The smallest absolute Gasteiger partial charge is 0.242 e. The minimum Gasteiger partial charge on any atom is -0.398 e. The molecule has 0 spiro atoms. The molecule has 0 saturated carbocycles. The van der Waals surface area contributed by atoms with Gasteiger partial charge in [0, 0.05) is 12.2 Å². The van der Waals surface area contributed by atoms with Gasteiger partial charge in [-0.05, 0) is 31.2 Å². The molecule has 1 amide bonds. The third kappa shape index (κ3) is 5.24. The van der Waals surface area contributed by atoms with E-state index in [0.717, 1.165) is 0 Å². The van der Waals surface area contributed by atoms with E-state index in [0.29, 0.717) is 18.2 Å². The van der Waals surface area contributed by atoms with Crippen LogP contribution in [0.3, 0.4) is 0 Å². The van der Waals surface area contributed by atoms with Crippen LogP contribution in [0.1, 0.15) is 13.8 Å². The first-order valence-electron chi connectivity index (χ1n) is 6.60. The Morgan fingerprint density at radius 2 is 2.00 bits per heavy atom. The van der Waals surface area contributed by atoms with Crippen LogP contribution in [0.2, 0.25) is 0 Å². The predicted octanol–water partition coefficient (Wildman–Crippen LogP) is 0.361. The second-order valence-electron chi connectivity index (χ2n) is 5.01. The van der Waals surface area contributed by atoms with Crippen molar-refractivity contribution in [3.8, 4) is 0 Å². The number of anilines is 2. The lowest BCUT2D eigenvalue weighted by molar-refractivity contribution is -0.119. The lowest BCUT2D eigenvalue weighted by atomic mass is 10.2. The third-order valence-corrected chi connectivity index (χ3v) is 4.22. The average molecular weight is 314 g/mol. The molecule has 5 N–H and O–H groups in total. The Kier molecular flexibility index (Phi) is 5.98. The van der Waals surface area contributed by atoms with Crippen LogP contribution in [-0.4, -0.2) is 34.5 Å². The van der Waals surface area contributed by atoms with E-state index < -0.39 is 10.0 Å². The highest BCUT2D eigenvalue weighted by Crippen LogP contribution is 2.21. The van der Waals surface area contributed by atoms with E-state index in [4.69, 9.17) is 5.73 Å². The molecule has 0 unspecified atom stereocenters. The number of carbonyl (C=O) groups is 1. The van der Waals surface area contributed by atoms with Gasteiger partial charge in [0.1, 0.15) is 4.90 Å². The van der Waals surface area contributed by atoms with Gasteiger partial charge < -0.3 is 16.4 Å². The average Bonchev–Trinajstić information content (AvgIpc) is 2.42. The molecule has 0 aliphatic carbocycles. The number of rotatable bonds is 7. The summed E-state index contributed by atoms with van der Waals surface area (Å²) in [6, 6.07) is 4.45. The lowest BCUT2D eigenvalue weighted by Crippen LogP contribution is -2.32. The first kappa shape index (κ1) is 17.3. The molecule has 0 atom stereocenters. The molecule has 0 radical (unpaired) electrons. The van der Waals surface area contributed by atoms with Crippen molar-refractivity contribution in [2.24, 2.45) is 5.92 Å². The first-order chi connectivity index (χ1) is 9.76. The summed E-state index contributed by atoms with van der Waals surface area (Å²) in [7, 11) is -2.26. The summed E-state index contributed by atoms with van der Waals surface area (Å²) in [4.78, 5) is 11.6. The van der Waals surface area contributed by atoms with E-state index in [1.165, 1.54) is 19.2 Å². The predicted molar refractivity (Wildman–Crippen MR) is 83.4 cm³/mol. The van der Waals surface area contributed by atoms with Crippen LogP contribution in [0.15, 0.2) is 23.1 Å². The SMILES string of the molecule is CNS(=O)(=O)c1ccc(NCC(=O)NCC(C)C)cc1N. The Balaban J connectivity index is 2.67. The maximum atomic E-state index is 11.7. The zero-order valence-corrected chi connectivity index (χ0v) is 13.3. The summed E-state index contributed by atoms with van der Waals surface area (Å²) in [5.41, 5.74) is 6.44. The van der Waals surface area contributed by atoms with Crippen molar-refractivity contribution in [1.29, 1.82) is 0 Å². The van der Waals surface area contributed by atoms with Crippen LogP contribution in [0.5, 0.6) is 0 Å². The molecule has 21 heavy (non-hydrogen) atoms. The highest BCUT2D eigenvalue weighted by Gasteiger charge is 2.15. The van der Waals surface area contributed by atoms with Gasteiger partial charge in [0.15, 0.2) is 0 Å². The highest BCUT2D eigenvalue weighted by atomic mass is 32.2. The molecule has 118 valence electrons. The van der Waals surface area contributed by atoms with Crippen LogP contribution < -0.4 is 21.1 Å². The maximum Gasteiger partial charge on any atom is 0.242 e. The molecule has 0 aromatic heterocycles. The van der Waals surface area contributed by atoms with Crippen molar-refractivity contribution in [3.05, 3.63) is 18.2 Å². The minimum atomic E-state index is -3.58. The molecule has 0 heterocycles. The third-order valence-electron chi connectivity index (χ3n) is 2.73. The zero-order valence-electron chi connectivity index (χ0n) is 12.4. The Labute approximate surface area is 125 Å². The molecule has 0 aliphatic rings. The summed E-state index contributed by atoms with van der Waals surface area (Å²) >= 11 is 0. The van der Waals surface area contributed by atoms with Gasteiger partial charge >= 0.3 is 0 Å². The number of sulfonamides is 1. The van der Waals surface area contributed by atoms with E-state index >= 15 is 0 Å². The fraction of sp³-hybridized carbons (Fsp3) is 0.462. The Hall–Kier alpha value is -1.80. The molecule has 0 aliphatic heterocycles. The normalized spacial score (nSPS) is 11.4. The molecular weight excluding hydrogens is 292 g/mol. The van der Waals surface area contributed by atoms with Crippen LogP contribution in [-0.2, 0) is 14.8 Å². The molecule has 1 rings (SSSR count). The van der Waals surface area contributed by atoms with Gasteiger partial charge in [-0.25, -0.2) is 13.1 Å². The van der Waals surface area contributed by atoms with E-state index in [9.17, 15) is 13.2 Å². The topological polar surface area (TPSA) is 113 Å². The molecule has 0 fully saturated rings. The Morgan fingerprint density at radius 1 is 1.33 bits per heavy atom. The number of benzene rings is 1. The summed E-state index contributed by atoms with van der Waals surface area (Å²) in [5.74, 6) is 0.254. The van der Waals surface area contributed by atoms with Gasteiger partial charge in [-0.1, -0.05) is 13.8 Å². The molecule has 1 aromatic rings. The van der Waals surface area contributed by atoms with Crippen molar-refractivity contribution < 1.29 is 13.2 Å². The van der Waals surface area contributed by atoms with E-state index in [-0.39, 0.29) is 23.0 Å². The molecule has 0 bridgehead atoms. The zero-order chi connectivity index (χ0) is 16.0. The van der Waals surface area contributed by atoms with Crippen molar-refractivity contribution in [3.63, 3.8) is 0 Å². The monoisotopic (exact) mass is 314 g/mol. The number of amides is 1. The standard InChI is InChI=1S/C13H22N4O3S/c1-9(2)7-17-13(18)8-16-10-4-5-12(11(14)6-10)21(19,20)15-3/h4-6,9,15-16H,7-8,14H2,1-3H3,(H,17,18). The minimum absolute atomic E-state index is 0.0137. The maximum absolute atomic E-state index is 11.7. The van der Waals surface area contributed by atoms with Crippen molar-refractivity contribution >= 4 is 27.3 Å². The quantitative estimate of drug-likeness (QED) is 0.543. The molecule has 1 aromatic carbocycles. The molecule has 0 saturated heterocycles. The van der Waals surface area contributed by atoms with Gasteiger partial charge in [-0.2, -0.15) is 0 Å². The Morgan fingerprint density at radius 3 is 2.52 bits per heavy atom. The number of hydrogen-bond acceptors (Lipinski definition) is 5. The van der Waals surface area contributed by atoms with Crippen molar-refractivity contribution in [1.82, 2.24) is 10.0 Å². The number of carbonyl (C=O) groups excluding carboxylic acids is 1. The molecule has 8 heteroatoms. The van der Waals surface area contributed by atoms with Gasteiger partial charge in [0.05, 0.1) is 12.2 Å². The van der Waals surface area contributed by atoms with Gasteiger partial charge in [-0.15, -0.1) is 0 Å². The van der Waals surface area contributed by atoms with Crippen LogP contribution in [0, 0.1) is 5.92 Å². The van der Waals surface area contributed by atoms with Crippen LogP contribution in [0.25, 0.3) is 0 Å². The number of hydrogen-bond donors (Lipinski definition) is 4. The highest BCUT2D eigenvalue weighted by molar-refractivity contribution is 7.89. The van der Waals surface area contributed by atoms with E-state index in [1.807, 2.05) is 13.8 Å². The van der Waals surface area contributed by atoms with E-state index in [1.54, 1.807) is 6.07 Å². The number of nitrogens with two attached hydrogens (primary N) is 1. The first-order valence-corrected chi connectivity index (χ1v) is 8.08. The lowest BCUT2D eigenvalue weighted by Gasteiger charge is -2.11. The second kappa shape index (κ2) is 7.28. The van der Waals surface area contributed by atoms with E-state index in [2.05, 4.69) is 15.4 Å². The summed E-state index contributed by atoms with van der Waals surface area (Å²) in [6.07, 6.45) is 0. The number of nitrogen functional groups attached to an aromatic ring is 1. The second-order valence-corrected chi connectivity index (χ2v) is 6.87. The van der Waals surface area contributed by atoms with Gasteiger partial charge in [0.2, 0.25) is 15.9 Å². The fourth-order valence-corrected chi connectivity index (χ4v) is 2.41.